The molecule has 0 spiro atoms. The maximum Gasteiger partial charge on any atom is 0.409 e. The van der Waals surface area contributed by atoms with E-state index in [0.29, 0.717) is 32.2 Å². The summed E-state index contributed by atoms with van der Waals surface area (Å²) in [5, 5.41) is 2.15. The monoisotopic (exact) mass is 416 g/mol. The highest BCUT2D eigenvalue weighted by Gasteiger charge is 2.25. The second-order valence-corrected chi connectivity index (χ2v) is 6.51. The molecule has 160 valence electrons. The molecule has 29 heavy (non-hydrogen) atoms. The van der Waals surface area contributed by atoms with Crippen LogP contribution in [0.25, 0.3) is 0 Å². The molecule has 0 saturated carbocycles. The lowest BCUT2D eigenvalue weighted by Crippen LogP contribution is -2.52. The summed E-state index contributed by atoms with van der Waals surface area (Å²) in [4.78, 5) is 40.5. The topological polar surface area (TPSA) is 82.2 Å². The Kier molecular flexibility index (Phi) is 7.82. The number of hydrogen-bond acceptors (Lipinski definition) is 5. The van der Waals surface area contributed by atoms with Crippen molar-refractivity contribution in [3.05, 3.63) is 29.6 Å². The number of anilines is 1. The van der Waals surface area contributed by atoms with Gasteiger partial charge in [-0.05, 0) is 26.1 Å². The molecule has 1 heterocycles. The molecule has 1 aliphatic rings. The fourth-order valence-electron chi connectivity index (χ4n) is 2.80. The molecule has 1 aliphatic heterocycles. The molecular weight excluding hydrogens is 393 g/mol. The number of piperazine rings is 1. The van der Waals surface area contributed by atoms with Crippen molar-refractivity contribution < 1.29 is 32.3 Å². The SMILES string of the molecule is CCOC(=O)N1CCN(C(=O)CN(C)CC(=O)Nc2ccc(F)c(F)c2F)CC1. The quantitative estimate of drug-likeness (QED) is 0.707. The van der Waals surface area contributed by atoms with Crippen LogP contribution in [0.4, 0.5) is 23.7 Å². The van der Waals surface area contributed by atoms with Gasteiger partial charge < -0.3 is 19.9 Å². The van der Waals surface area contributed by atoms with Gasteiger partial charge in [-0.2, -0.15) is 0 Å². The zero-order valence-electron chi connectivity index (χ0n) is 16.2. The molecule has 11 heteroatoms. The molecule has 0 bridgehead atoms. The van der Waals surface area contributed by atoms with Gasteiger partial charge in [-0.25, -0.2) is 18.0 Å². The number of halogens is 3. The van der Waals surface area contributed by atoms with Gasteiger partial charge in [-0.15, -0.1) is 0 Å². The largest absolute Gasteiger partial charge is 0.450 e. The Bertz CT molecular complexity index is 770. The van der Waals surface area contributed by atoms with Gasteiger partial charge in [0.1, 0.15) is 0 Å². The van der Waals surface area contributed by atoms with Gasteiger partial charge in [0.05, 0.1) is 25.4 Å². The van der Waals surface area contributed by atoms with Crippen LogP contribution in [0.15, 0.2) is 12.1 Å². The molecule has 1 aromatic carbocycles. The molecule has 0 aliphatic carbocycles. The van der Waals surface area contributed by atoms with Gasteiger partial charge >= 0.3 is 6.09 Å². The first kappa shape index (κ1) is 22.5. The highest BCUT2D eigenvalue weighted by atomic mass is 19.2. The number of nitrogens with zero attached hydrogens (tertiary/aromatic N) is 3. The zero-order valence-corrected chi connectivity index (χ0v) is 16.2. The number of benzene rings is 1. The number of hydrogen-bond donors (Lipinski definition) is 1. The number of carbonyl (C=O) groups is 3. The molecule has 0 unspecified atom stereocenters. The normalized spacial score (nSPS) is 14.1. The van der Waals surface area contributed by atoms with Crippen molar-refractivity contribution in [1.29, 1.82) is 0 Å². The van der Waals surface area contributed by atoms with E-state index in [4.69, 9.17) is 4.74 Å². The zero-order chi connectivity index (χ0) is 21.6. The van der Waals surface area contributed by atoms with E-state index in [9.17, 15) is 27.6 Å². The fraction of sp³-hybridized carbons (Fsp3) is 0.500. The second kappa shape index (κ2) is 10.1. The van der Waals surface area contributed by atoms with E-state index in [1.54, 1.807) is 11.8 Å². The number of amides is 3. The van der Waals surface area contributed by atoms with Crippen molar-refractivity contribution >= 4 is 23.6 Å². The van der Waals surface area contributed by atoms with Crippen LogP contribution in [-0.4, -0.2) is 85.5 Å². The van der Waals surface area contributed by atoms with Crippen LogP contribution in [0.2, 0.25) is 0 Å². The third kappa shape index (κ3) is 6.08. The average molecular weight is 416 g/mol. The highest BCUT2D eigenvalue weighted by Crippen LogP contribution is 2.19. The minimum atomic E-state index is -1.67. The molecular formula is C18H23F3N4O4. The Morgan fingerprint density at radius 1 is 1.03 bits per heavy atom. The Labute approximate surface area is 166 Å². The third-order valence-corrected chi connectivity index (χ3v) is 4.29. The van der Waals surface area contributed by atoms with Gasteiger partial charge in [0.25, 0.3) is 0 Å². The summed E-state index contributed by atoms with van der Waals surface area (Å²) < 4.78 is 44.7. The minimum absolute atomic E-state index is 0.0763. The molecule has 0 aromatic heterocycles. The fourth-order valence-corrected chi connectivity index (χ4v) is 2.80. The summed E-state index contributed by atoms with van der Waals surface area (Å²) >= 11 is 0. The van der Waals surface area contributed by atoms with E-state index in [-0.39, 0.29) is 25.6 Å². The first-order valence-corrected chi connectivity index (χ1v) is 9.04. The number of carbonyl (C=O) groups excluding carboxylic acids is 3. The van der Waals surface area contributed by atoms with Gasteiger partial charge in [0, 0.05) is 26.2 Å². The van der Waals surface area contributed by atoms with E-state index in [0.717, 1.165) is 6.07 Å². The predicted molar refractivity (Wildman–Crippen MR) is 97.6 cm³/mol. The maximum atomic E-state index is 13.6. The molecule has 8 nitrogen and oxygen atoms in total. The summed E-state index contributed by atoms with van der Waals surface area (Å²) in [5.74, 6) is -5.43. The van der Waals surface area contributed by atoms with Gasteiger partial charge in [0.2, 0.25) is 11.8 Å². The molecule has 0 atom stereocenters. The lowest BCUT2D eigenvalue weighted by Gasteiger charge is -2.34. The van der Waals surface area contributed by atoms with E-state index in [2.05, 4.69) is 5.32 Å². The Hall–Kier alpha value is -2.82. The second-order valence-electron chi connectivity index (χ2n) is 6.51. The van der Waals surface area contributed by atoms with Crippen molar-refractivity contribution in [3.63, 3.8) is 0 Å². The Morgan fingerprint density at radius 2 is 1.66 bits per heavy atom. The summed E-state index contributed by atoms with van der Waals surface area (Å²) in [7, 11) is 1.52. The standard InChI is InChI=1S/C18H23F3N4O4/c1-3-29-18(28)25-8-6-24(7-9-25)15(27)11-23(2)10-14(26)22-13-5-4-12(19)16(20)17(13)21/h4-5H,3,6-11H2,1-2H3,(H,22,26). The molecule has 1 saturated heterocycles. The number of likely N-dealkylation sites (N-methyl/N-ethyl adjacent to an activating group) is 1. The minimum Gasteiger partial charge on any atom is -0.450 e. The van der Waals surface area contributed by atoms with Gasteiger partial charge in [-0.3, -0.25) is 14.5 Å². The lowest BCUT2D eigenvalue weighted by atomic mass is 10.2. The molecule has 2 rings (SSSR count). The maximum absolute atomic E-state index is 13.6. The van der Waals surface area contributed by atoms with Crippen LogP contribution in [0.5, 0.6) is 0 Å². The van der Waals surface area contributed by atoms with Crippen molar-refractivity contribution in [2.75, 3.05) is 58.2 Å². The summed E-state index contributed by atoms with van der Waals surface area (Å²) in [6, 6.07) is 1.62. The van der Waals surface area contributed by atoms with Crippen LogP contribution in [0.3, 0.4) is 0 Å². The summed E-state index contributed by atoms with van der Waals surface area (Å²) in [5.41, 5.74) is -0.483. The van der Waals surface area contributed by atoms with E-state index >= 15 is 0 Å². The lowest BCUT2D eigenvalue weighted by molar-refractivity contribution is -0.134. The van der Waals surface area contributed by atoms with Crippen LogP contribution in [0.1, 0.15) is 6.92 Å². The number of nitrogens with one attached hydrogen (secondary N) is 1. The van der Waals surface area contributed by atoms with Crippen molar-refractivity contribution in [3.8, 4) is 0 Å². The van der Waals surface area contributed by atoms with Crippen LogP contribution in [-0.2, 0) is 14.3 Å². The molecule has 1 N–H and O–H groups in total. The summed E-state index contributed by atoms with van der Waals surface area (Å²) in [6.45, 7) is 3.05. The van der Waals surface area contributed by atoms with Crippen LogP contribution < -0.4 is 5.32 Å². The Balaban J connectivity index is 1.79. The third-order valence-electron chi connectivity index (χ3n) is 4.29. The average Bonchev–Trinajstić information content (AvgIpc) is 2.68. The van der Waals surface area contributed by atoms with Crippen molar-refractivity contribution in [2.45, 2.75) is 6.92 Å². The molecule has 1 aromatic rings. The molecule has 3 amide bonds. The van der Waals surface area contributed by atoms with Crippen molar-refractivity contribution in [1.82, 2.24) is 14.7 Å². The van der Waals surface area contributed by atoms with Gasteiger partial charge in [0.15, 0.2) is 17.5 Å². The van der Waals surface area contributed by atoms with E-state index in [1.807, 2.05) is 0 Å². The highest BCUT2D eigenvalue weighted by molar-refractivity contribution is 5.92. The number of rotatable bonds is 6. The summed E-state index contributed by atoms with van der Waals surface area (Å²) in [6.07, 6.45) is -0.419. The smallest absolute Gasteiger partial charge is 0.409 e. The molecule has 1 fully saturated rings. The van der Waals surface area contributed by atoms with Crippen LogP contribution >= 0.6 is 0 Å². The van der Waals surface area contributed by atoms with Gasteiger partial charge in [-0.1, -0.05) is 0 Å². The van der Waals surface area contributed by atoms with E-state index in [1.165, 1.54) is 16.8 Å². The van der Waals surface area contributed by atoms with Crippen molar-refractivity contribution in [2.24, 2.45) is 0 Å². The molecule has 0 radical (unpaired) electrons. The number of ether oxygens (including phenoxy) is 1. The first-order chi connectivity index (χ1) is 13.7. The van der Waals surface area contributed by atoms with E-state index < -0.39 is 35.1 Å². The van der Waals surface area contributed by atoms with Crippen LogP contribution in [0, 0.1) is 17.5 Å². The Morgan fingerprint density at radius 3 is 2.28 bits per heavy atom. The predicted octanol–water partition coefficient (Wildman–Crippen LogP) is 1.27. The first-order valence-electron chi connectivity index (χ1n) is 9.04.